The van der Waals surface area contributed by atoms with Gasteiger partial charge in [0.25, 0.3) is 0 Å². The van der Waals surface area contributed by atoms with Crippen molar-refractivity contribution in [2.45, 2.75) is 45.6 Å². The standard InChI is InChI=1S/C11H19NO/c1-4-6-11(13-3)10-8-5-7-9(2)12-10/h6,9H,4-5,7-8H2,1-3H3/b11-6+. The summed E-state index contributed by atoms with van der Waals surface area (Å²) >= 11 is 0. The summed E-state index contributed by atoms with van der Waals surface area (Å²) in [6.07, 6.45) is 6.65. The van der Waals surface area contributed by atoms with Gasteiger partial charge in [-0.25, -0.2) is 0 Å². The van der Waals surface area contributed by atoms with Crippen molar-refractivity contribution in [3.8, 4) is 0 Å². The summed E-state index contributed by atoms with van der Waals surface area (Å²) in [6, 6.07) is 0.471. The Bertz CT molecular complexity index is 218. The molecule has 0 aromatic carbocycles. The lowest BCUT2D eigenvalue weighted by Gasteiger charge is -2.18. The SMILES string of the molecule is CC/C=C(/OC)C1=NC(C)CCC1. The molecule has 0 aromatic rings. The normalized spacial score (nSPS) is 24.1. The molecule has 2 nitrogen and oxygen atoms in total. The Kier molecular flexibility index (Phi) is 4.00. The number of nitrogens with zero attached hydrogens (tertiary/aromatic N) is 1. The van der Waals surface area contributed by atoms with Crippen molar-refractivity contribution in [3.63, 3.8) is 0 Å². The third-order valence-electron chi connectivity index (χ3n) is 2.31. The zero-order valence-electron chi connectivity index (χ0n) is 8.84. The highest BCUT2D eigenvalue weighted by atomic mass is 16.5. The molecule has 1 unspecified atom stereocenters. The molecule has 0 aromatic heterocycles. The molecule has 1 aliphatic heterocycles. The van der Waals surface area contributed by atoms with Crippen LogP contribution in [0.15, 0.2) is 16.8 Å². The predicted molar refractivity (Wildman–Crippen MR) is 56.1 cm³/mol. The Morgan fingerprint density at radius 1 is 1.69 bits per heavy atom. The van der Waals surface area contributed by atoms with Crippen LogP contribution in [-0.2, 0) is 4.74 Å². The van der Waals surface area contributed by atoms with Gasteiger partial charge in [-0.1, -0.05) is 6.92 Å². The summed E-state index contributed by atoms with van der Waals surface area (Å²) in [4.78, 5) is 4.60. The number of allylic oxidation sites excluding steroid dienone is 2. The third kappa shape index (κ3) is 2.87. The van der Waals surface area contributed by atoms with Crippen LogP contribution >= 0.6 is 0 Å². The second kappa shape index (κ2) is 5.05. The fourth-order valence-corrected chi connectivity index (χ4v) is 1.65. The number of hydrogen-bond donors (Lipinski definition) is 0. The molecule has 0 amide bonds. The highest BCUT2D eigenvalue weighted by Gasteiger charge is 2.14. The van der Waals surface area contributed by atoms with E-state index < -0.39 is 0 Å². The molecule has 1 heterocycles. The quantitative estimate of drug-likeness (QED) is 0.613. The maximum Gasteiger partial charge on any atom is 0.135 e. The van der Waals surface area contributed by atoms with E-state index in [-0.39, 0.29) is 0 Å². The maximum absolute atomic E-state index is 5.31. The average molecular weight is 181 g/mol. The van der Waals surface area contributed by atoms with Gasteiger partial charge in [0.15, 0.2) is 0 Å². The van der Waals surface area contributed by atoms with Gasteiger partial charge in [0, 0.05) is 6.04 Å². The van der Waals surface area contributed by atoms with Crippen LogP contribution in [0.25, 0.3) is 0 Å². The molecule has 13 heavy (non-hydrogen) atoms. The zero-order chi connectivity index (χ0) is 9.68. The van der Waals surface area contributed by atoms with Gasteiger partial charge in [0.2, 0.25) is 0 Å². The lowest BCUT2D eigenvalue weighted by atomic mass is 10.0. The number of ether oxygens (including phenoxy) is 1. The van der Waals surface area contributed by atoms with Gasteiger partial charge in [-0.3, -0.25) is 4.99 Å². The molecule has 1 rings (SSSR count). The highest BCUT2D eigenvalue weighted by Crippen LogP contribution is 2.17. The monoisotopic (exact) mass is 181 g/mol. The molecule has 0 aliphatic carbocycles. The smallest absolute Gasteiger partial charge is 0.135 e. The maximum atomic E-state index is 5.31. The number of hydrogen-bond acceptors (Lipinski definition) is 2. The largest absolute Gasteiger partial charge is 0.495 e. The van der Waals surface area contributed by atoms with Gasteiger partial charge in [0.1, 0.15) is 5.76 Å². The van der Waals surface area contributed by atoms with Crippen LogP contribution in [0.2, 0.25) is 0 Å². The second-order valence-corrected chi connectivity index (χ2v) is 3.50. The van der Waals surface area contributed by atoms with Crippen molar-refractivity contribution in [2.24, 2.45) is 4.99 Å². The van der Waals surface area contributed by atoms with Crippen molar-refractivity contribution in [3.05, 3.63) is 11.8 Å². The van der Waals surface area contributed by atoms with Crippen molar-refractivity contribution in [2.75, 3.05) is 7.11 Å². The van der Waals surface area contributed by atoms with Crippen LogP contribution < -0.4 is 0 Å². The first-order chi connectivity index (χ1) is 6.27. The fourth-order valence-electron chi connectivity index (χ4n) is 1.65. The average Bonchev–Trinajstić information content (AvgIpc) is 2.14. The molecule has 0 spiro atoms. The molecule has 1 atom stereocenters. The molecule has 0 fully saturated rings. The van der Waals surface area contributed by atoms with Crippen molar-refractivity contribution in [1.29, 1.82) is 0 Å². The minimum Gasteiger partial charge on any atom is -0.495 e. The molecule has 0 saturated carbocycles. The number of aliphatic imine (C=N–C) groups is 1. The van der Waals surface area contributed by atoms with E-state index in [1.807, 2.05) is 0 Å². The molecule has 1 aliphatic rings. The van der Waals surface area contributed by atoms with Crippen LogP contribution in [0.1, 0.15) is 39.5 Å². The highest BCUT2D eigenvalue weighted by molar-refractivity contribution is 5.98. The Labute approximate surface area is 80.7 Å². The van der Waals surface area contributed by atoms with Crippen LogP contribution in [0.4, 0.5) is 0 Å². The first kappa shape index (κ1) is 10.3. The van der Waals surface area contributed by atoms with Crippen molar-refractivity contribution in [1.82, 2.24) is 0 Å². The zero-order valence-corrected chi connectivity index (χ0v) is 8.84. The summed E-state index contributed by atoms with van der Waals surface area (Å²) < 4.78 is 5.31. The predicted octanol–water partition coefficient (Wildman–Crippen LogP) is 2.94. The molecular formula is C11H19NO. The summed E-state index contributed by atoms with van der Waals surface area (Å²) in [5.74, 6) is 0.981. The lowest BCUT2D eigenvalue weighted by molar-refractivity contribution is 0.310. The van der Waals surface area contributed by atoms with Crippen molar-refractivity contribution < 1.29 is 4.74 Å². The fraction of sp³-hybridized carbons (Fsp3) is 0.727. The van der Waals surface area contributed by atoms with E-state index >= 15 is 0 Å². The van der Waals surface area contributed by atoms with Gasteiger partial charge in [-0.15, -0.1) is 0 Å². The lowest BCUT2D eigenvalue weighted by Crippen LogP contribution is -2.15. The van der Waals surface area contributed by atoms with Crippen LogP contribution in [-0.4, -0.2) is 18.9 Å². The molecular weight excluding hydrogens is 162 g/mol. The minimum atomic E-state index is 0.471. The van der Waals surface area contributed by atoms with Crippen LogP contribution in [0, 0.1) is 0 Å². The summed E-state index contributed by atoms with van der Waals surface area (Å²) in [5.41, 5.74) is 1.16. The second-order valence-electron chi connectivity index (χ2n) is 3.50. The molecule has 0 saturated heterocycles. The van der Waals surface area contributed by atoms with E-state index in [1.54, 1.807) is 7.11 Å². The van der Waals surface area contributed by atoms with E-state index in [0.717, 1.165) is 24.3 Å². The summed E-state index contributed by atoms with van der Waals surface area (Å²) in [5, 5.41) is 0. The molecule has 0 radical (unpaired) electrons. The first-order valence-electron chi connectivity index (χ1n) is 5.09. The summed E-state index contributed by atoms with van der Waals surface area (Å²) in [7, 11) is 1.73. The van der Waals surface area contributed by atoms with E-state index in [0.29, 0.717) is 6.04 Å². The summed E-state index contributed by atoms with van der Waals surface area (Å²) in [6.45, 7) is 4.28. The van der Waals surface area contributed by atoms with Crippen molar-refractivity contribution >= 4 is 5.71 Å². The van der Waals surface area contributed by atoms with Crippen LogP contribution in [0.5, 0.6) is 0 Å². The Balaban J connectivity index is 2.73. The third-order valence-corrected chi connectivity index (χ3v) is 2.31. The van der Waals surface area contributed by atoms with E-state index in [4.69, 9.17) is 4.74 Å². The van der Waals surface area contributed by atoms with Gasteiger partial charge >= 0.3 is 0 Å². The Morgan fingerprint density at radius 3 is 3.00 bits per heavy atom. The van der Waals surface area contributed by atoms with E-state index in [9.17, 15) is 0 Å². The minimum absolute atomic E-state index is 0.471. The first-order valence-corrected chi connectivity index (χ1v) is 5.09. The molecule has 0 N–H and O–H groups in total. The van der Waals surface area contributed by atoms with Crippen LogP contribution in [0.3, 0.4) is 0 Å². The topological polar surface area (TPSA) is 21.6 Å². The Hall–Kier alpha value is -0.790. The molecule has 74 valence electrons. The van der Waals surface area contributed by atoms with Gasteiger partial charge in [-0.2, -0.15) is 0 Å². The number of rotatable bonds is 3. The van der Waals surface area contributed by atoms with Gasteiger partial charge < -0.3 is 4.74 Å². The molecule has 2 heteroatoms. The van der Waals surface area contributed by atoms with E-state index in [2.05, 4.69) is 24.9 Å². The Morgan fingerprint density at radius 2 is 2.46 bits per heavy atom. The molecule has 0 bridgehead atoms. The van der Waals surface area contributed by atoms with E-state index in [1.165, 1.54) is 12.8 Å². The number of methoxy groups -OCH3 is 1. The van der Waals surface area contributed by atoms with Gasteiger partial charge in [0.05, 0.1) is 12.8 Å². The van der Waals surface area contributed by atoms with Gasteiger partial charge in [-0.05, 0) is 38.7 Å².